The first-order valence-electron chi connectivity index (χ1n) is 6.38. The molecule has 0 saturated carbocycles. The third-order valence-corrected chi connectivity index (χ3v) is 3.45. The van der Waals surface area contributed by atoms with Crippen molar-refractivity contribution in [2.75, 3.05) is 0 Å². The summed E-state index contributed by atoms with van der Waals surface area (Å²) in [6, 6.07) is 11.2. The van der Waals surface area contributed by atoms with Crippen molar-refractivity contribution in [1.29, 1.82) is 0 Å². The van der Waals surface area contributed by atoms with E-state index in [1.54, 1.807) is 24.3 Å². The first-order chi connectivity index (χ1) is 9.10. The molecule has 0 bridgehead atoms. The molecule has 0 spiro atoms. The van der Waals surface area contributed by atoms with E-state index in [0.717, 1.165) is 12.1 Å². The van der Waals surface area contributed by atoms with Gasteiger partial charge in [-0.05, 0) is 36.8 Å². The second kappa shape index (κ2) is 7.55. The first-order valence-corrected chi connectivity index (χ1v) is 6.75. The normalized spacial score (nSPS) is 9.95. The van der Waals surface area contributed by atoms with Crippen molar-refractivity contribution in [2.24, 2.45) is 0 Å². The van der Waals surface area contributed by atoms with Crippen LogP contribution in [0.1, 0.15) is 28.5 Å². The van der Waals surface area contributed by atoms with Crippen molar-refractivity contribution in [3.8, 4) is 0 Å². The van der Waals surface area contributed by atoms with Gasteiger partial charge in [0.05, 0.1) is 0 Å². The molecule has 2 aromatic rings. The second-order valence-electron chi connectivity index (χ2n) is 4.59. The summed E-state index contributed by atoms with van der Waals surface area (Å²) in [7, 11) is 0. The highest BCUT2D eigenvalue weighted by Gasteiger charge is 2.14. The fourth-order valence-electron chi connectivity index (χ4n) is 1.93. The number of carbonyl (C=O) groups excluding carboxylic acids is 1. The van der Waals surface area contributed by atoms with Gasteiger partial charge in [-0.2, -0.15) is 4.57 Å². The Morgan fingerprint density at radius 2 is 1.80 bits per heavy atom. The zero-order valence-corrected chi connectivity index (χ0v) is 13.9. The van der Waals surface area contributed by atoms with E-state index in [1.807, 2.05) is 23.8 Å². The molecule has 0 N–H and O–H groups in total. The molecule has 1 aromatic carbocycles. The molecular weight excluding hydrogens is 338 g/mol. The largest absolute Gasteiger partial charge is 1.00 e. The van der Waals surface area contributed by atoms with E-state index in [2.05, 4.69) is 13.0 Å². The average molecular weight is 355 g/mol. The molecule has 2 rings (SSSR count). The summed E-state index contributed by atoms with van der Waals surface area (Å²) >= 11 is 5.82. The van der Waals surface area contributed by atoms with Gasteiger partial charge in [-0.25, -0.2) is 0 Å². The number of halogens is 2. The van der Waals surface area contributed by atoms with Crippen LogP contribution < -0.4 is 21.5 Å². The molecular formula is C16H17BrClNO. The molecule has 0 aliphatic rings. The lowest BCUT2D eigenvalue weighted by Gasteiger charge is -2.03. The summed E-state index contributed by atoms with van der Waals surface area (Å²) in [6.45, 7) is 4.48. The summed E-state index contributed by atoms with van der Waals surface area (Å²) in [5, 5.41) is 0.647. The standard InChI is InChI=1S/C16H17ClNO.BrH/c1-3-13-5-4-12(2)18(10-13)11-16(19)14-6-8-15(17)9-7-14;/h4-10H,3,11H2,1-2H3;1H/q+1;/p-1. The molecule has 0 saturated heterocycles. The van der Waals surface area contributed by atoms with Crippen LogP contribution in [-0.4, -0.2) is 5.78 Å². The Kier molecular flexibility index (Phi) is 6.37. The molecule has 0 unspecified atom stereocenters. The maximum Gasteiger partial charge on any atom is 0.227 e. The highest BCUT2D eigenvalue weighted by Crippen LogP contribution is 2.10. The number of ketones is 1. The molecule has 0 radical (unpaired) electrons. The van der Waals surface area contributed by atoms with Crippen molar-refractivity contribution >= 4 is 17.4 Å². The molecule has 4 heteroatoms. The fraction of sp³-hybridized carbons (Fsp3) is 0.250. The zero-order chi connectivity index (χ0) is 13.8. The molecule has 0 fully saturated rings. The lowest BCUT2D eigenvalue weighted by Crippen LogP contribution is -3.00. The van der Waals surface area contributed by atoms with E-state index < -0.39 is 0 Å². The van der Waals surface area contributed by atoms with Gasteiger partial charge in [-0.1, -0.05) is 18.5 Å². The predicted octanol–water partition coefficient (Wildman–Crippen LogP) is 0.385. The van der Waals surface area contributed by atoms with E-state index in [1.165, 1.54) is 5.56 Å². The molecule has 0 atom stereocenters. The highest BCUT2D eigenvalue weighted by molar-refractivity contribution is 6.30. The maximum absolute atomic E-state index is 12.2. The Labute approximate surface area is 135 Å². The van der Waals surface area contributed by atoms with Gasteiger partial charge in [0.2, 0.25) is 12.3 Å². The summed E-state index contributed by atoms with van der Waals surface area (Å²) in [6.07, 6.45) is 3.01. The molecule has 0 aliphatic carbocycles. The number of aromatic nitrogens is 1. The molecule has 106 valence electrons. The maximum atomic E-state index is 12.2. The first kappa shape index (κ1) is 16.9. The van der Waals surface area contributed by atoms with Gasteiger partial charge >= 0.3 is 0 Å². The number of nitrogens with zero attached hydrogens (tertiary/aromatic N) is 1. The highest BCUT2D eigenvalue weighted by atomic mass is 79.9. The van der Waals surface area contributed by atoms with Crippen LogP contribution >= 0.6 is 11.6 Å². The number of rotatable bonds is 4. The third kappa shape index (κ3) is 4.15. The Bertz CT molecular complexity index is 596. The SMILES string of the molecule is CCc1ccc(C)[n+](CC(=O)c2ccc(Cl)cc2)c1.[Br-]. The molecule has 1 aromatic heterocycles. The van der Waals surface area contributed by atoms with Gasteiger partial charge in [0.1, 0.15) is 0 Å². The average Bonchev–Trinajstić information content (AvgIpc) is 2.42. The minimum atomic E-state index is 0. The Hall–Kier alpha value is -1.19. The minimum Gasteiger partial charge on any atom is -1.00 e. The van der Waals surface area contributed by atoms with Crippen LogP contribution in [0.25, 0.3) is 0 Å². The minimum absolute atomic E-state index is 0. The van der Waals surface area contributed by atoms with Crippen molar-refractivity contribution in [2.45, 2.75) is 26.8 Å². The number of pyridine rings is 1. The van der Waals surface area contributed by atoms with Crippen LogP contribution in [0.4, 0.5) is 0 Å². The van der Waals surface area contributed by atoms with E-state index in [4.69, 9.17) is 11.6 Å². The summed E-state index contributed by atoms with van der Waals surface area (Å²) in [5.74, 6) is 0.0954. The third-order valence-electron chi connectivity index (χ3n) is 3.20. The Morgan fingerprint density at radius 3 is 2.40 bits per heavy atom. The smallest absolute Gasteiger partial charge is 0.227 e. The van der Waals surface area contributed by atoms with Gasteiger partial charge in [-0.3, -0.25) is 4.79 Å². The lowest BCUT2D eigenvalue weighted by molar-refractivity contribution is -0.689. The number of benzene rings is 1. The van der Waals surface area contributed by atoms with Crippen LogP contribution in [0.5, 0.6) is 0 Å². The van der Waals surface area contributed by atoms with Gasteiger partial charge in [0, 0.05) is 29.1 Å². The summed E-state index contributed by atoms with van der Waals surface area (Å²) in [4.78, 5) is 12.2. The van der Waals surface area contributed by atoms with Gasteiger partial charge < -0.3 is 17.0 Å². The van der Waals surface area contributed by atoms with E-state index >= 15 is 0 Å². The fourth-order valence-corrected chi connectivity index (χ4v) is 2.06. The van der Waals surface area contributed by atoms with Gasteiger partial charge in [0.15, 0.2) is 11.9 Å². The summed E-state index contributed by atoms with van der Waals surface area (Å²) in [5.41, 5.74) is 3.01. The molecule has 0 aliphatic heterocycles. The van der Waals surface area contributed by atoms with Crippen molar-refractivity contribution in [1.82, 2.24) is 0 Å². The van der Waals surface area contributed by atoms with E-state index in [-0.39, 0.29) is 22.8 Å². The number of hydrogen-bond donors (Lipinski definition) is 0. The lowest BCUT2D eigenvalue weighted by atomic mass is 10.1. The Morgan fingerprint density at radius 1 is 1.15 bits per heavy atom. The predicted molar refractivity (Wildman–Crippen MR) is 76.5 cm³/mol. The van der Waals surface area contributed by atoms with Crippen molar-refractivity contribution in [3.05, 3.63) is 64.4 Å². The van der Waals surface area contributed by atoms with Crippen LogP contribution in [0.2, 0.25) is 5.02 Å². The second-order valence-corrected chi connectivity index (χ2v) is 5.03. The van der Waals surface area contributed by atoms with Crippen LogP contribution in [0.15, 0.2) is 42.6 Å². The summed E-state index contributed by atoms with van der Waals surface area (Å²) < 4.78 is 2.00. The molecule has 2 nitrogen and oxygen atoms in total. The van der Waals surface area contributed by atoms with E-state index in [0.29, 0.717) is 17.1 Å². The Balaban J connectivity index is 0.00000200. The van der Waals surface area contributed by atoms with Crippen LogP contribution in [0.3, 0.4) is 0 Å². The van der Waals surface area contributed by atoms with Gasteiger partial charge in [0.25, 0.3) is 0 Å². The number of carbonyl (C=O) groups is 1. The molecule has 20 heavy (non-hydrogen) atoms. The number of aryl methyl sites for hydroxylation is 2. The monoisotopic (exact) mass is 353 g/mol. The number of Topliss-reactive ketones (excluding diaryl/α,β-unsaturated/α-hetero) is 1. The number of hydrogen-bond acceptors (Lipinski definition) is 1. The van der Waals surface area contributed by atoms with Crippen LogP contribution in [0, 0.1) is 6.92 Å². The van der Waals surface area contributed by atoms with Crippen molar-refractivity contribution in [3.63, 3.8) is 0 Å². The van der Waals surface area contributed by atoms with Gasteiger partial charge in [-0.15, -0.1) is 0 Å². The van der Waals surface area contributed by atoms with Crippen molar-refractivity contribution < 1.29 is 26.3 Å². The van der Waals surface area contributed by atoms with Crippen LogP contribution in [-0.2, 0) is 13.0 Å². The molecule has 0 amide bonds. The zero-order valence-electron chi connectivity index (χ0n) is 11.6. The van der Waals surface area contributed by atoms with E-state index in [9.17, 15) is 4.79 Å². The molecule has 1 heterocycles. The quantitative estimate of drug-likeness (QED) is 0.575. The topological polar surface area (TPSA) is 20.9 Å².